The summed E-state index contributed by atoms with van der Waals surface area (Å²) >= 11 is 0. The number of fused-ring (bicyclic) bond motifs is 1. The minimum atomic E-state index is -3.54. The molecule has 0 aliphatic carbocycles. The maximum atomic E-state index is 11.6. The summed E-state index contributed by atoms with van der Waals surface area (Å²) in [6.45, 7) is 1.26. The lowest BCUT2D eigenvalue weighted by Crippen LogP contribution is -2.30. The molecule has 0 aliphatic rings. The molecule has 10 nitrogen and oxygen atoms in total. The van der Waals surface area contributed by atoms with E-state index in [4.69, 9.17) is 0 Å². The predicted molar refractivity (Wildman–Crippen MR) is 82.9 cm³/mol. The van der Waals surface area contributed by atoms with Gasteiger partial charge in [-0.25, -0.2) is 12.7 Å². The first-order chi connectivity index (χ1) is 10.5. The van der Waals surface area contributed by atoms with Crippen LogP contribution in [0, 0.1) is 17.0 Å². The number of nitro groups is 1. The van der Waals surface area contributed by atoms with Crippen molar-refractivity contribution < 1.29 is 13.3 Å². The second-order valence-corrected chi connectivity index (χ2v) is 7.20. The van der Waals surface area contributed by atoms with Crippen LogP contribution in [0.25, 0.3) is 11.0 Å². The van der Waals surface area contributed by atoms with E-state index in [0.717, 1.165) is 16.6 Å². The van der Waals surface area contributed by atoms with Crippen molar-refractivity contribution in [1.82, 2.24) is 14.3 Å². The Morgan fingerprint density at radius 1 is 1.26 bits per heavy atom. The molecule has 2 aromatic rings. The summed E-state index contributed by atoms with van der Waals surface area (Å²) in [6.07, 6.45) is 0.993. The van der Waals surface area contributed by atoms with Gasteiger partial charge in [-0.2, -0.15) is 0 Å². The molecular weight excluding hydrogens is 328 g/mol. The van der Waals surface area contributed by atoms with Gasteiger partial charge in [0, 0.05) is 30.8 Å². The van der Waals surface area contributed by atoms with Gasteiger partial charge < -0.3 is 9.97 Å². The number of nitrogens with zero attached hydrogens (tertiary/aromatic N) is 2. The minimum absolute atomic E-state index is 0.0591. The second kappa shape index (κ2) is 5.59. The Morgan fingerprint density at radius 3 is 2.35 bits per heavy atom. The molecule has 0 fully saturated rings. The standard InChI is InChI=1S/C12H14N4O6S/c1-6-7(5-15(2)23(3,21)22)10-8(4-9(6)16(19)20)13-11(17)12(18)14-10/h4H,5H2,1-3H3,(H,13,17)(H,14,18). The van der Waals surface area contributed by atoms with E-state index in [-0.39, 0.29) is 34.4 Å². The SMILES string of the molecule is Cc1c([N+](=O)[O-])cc2[nH]c(=O)c(=O)[nH]c2c1CN(C)S(C)(=O)=O. The monoisotopic (exact) mass is 342 g/mol. The number of H-pyrrole nitrogens is 2. The van der Waals surface area contributed by atoms with E-state index in [1.165, 1.54) is 14.0 Å². The predicted octanol–water partition coefficient (Wildman–Crippen LogP) is -0.176. The lowest BCUT2D eigenvalue weighted by atomic mass is 10.0. The van der Waals surface area contributed by atoms with Gasteiger partial charge in [-0.1, -0.05) is 0 Å². The summed E-state index contributed by atoms with van der Waals surface area (Å²) in [5.74, 6) is 0. The van der Waals surface area contributed by atoms with E-state index in [1.807, 2.05) is 0 Å². The lowest BCUT2D eigenvalue weighted by Gasteiger charge is -2.17. The Balaban J connectivity index is 2.86. The third kappa shape index (κ3) is 3.14. The van der Waals surface area contributed by atoms with E-state index in [0.29, 0.717) is 0 Å². The fraction of sp³-hybridized carbons (Fsp3) is 0.333. The summed E-state index contributed by atoms with van der Waals surface area (Å²) in [7, 11) is -2.23. The van der Waals surface area contributed by atoms with Crippen molar-refractivity contribution in [2.24, 2.45) is 0 Å². The number of aromatic nitrogens is 2. The number of nitrogens with one attached hydrogen (secondary N) is 2. The van der Waals surface area contributed by atoms with Crippen LogP contribution in [0.2, 0.25) is 0 Å². The first-order valence-corrected chi connectivity index (χ1v) is 8.21. The highest BCUT2D eigenvalue weighted by Gasteiger charge is 2.22. The zero-order valence-corrected chi connectivity index (χ0v) is 13.4. The Hall–Kier alpha value is -2.53. The number of aromatic amines is 2. The number of rotatable bonds is 4. The van der Waals surface area contributed by atoms with Crippen LogP contribution in [0.3, 0.4) is 0 Å². The van der Waals surface area contributed by atoms with Gasteiger partial charge >= 0.3 is 11.1 Å². The first-order valence-electron chi connectivity index (χ1n) is 6.37. The molecule has 0 radical (unpaired) electrons. The van der Waals surface area contributed by atoms with Crippen LogP contribution in [0.1, 0.15) is 11.1 Å². The van der Waals surface area contributed by atoms with Crippen LogP contribution >= 0.6 is 0 Å². The van der Waals surface area contributed by atoms with Crippen molar-refractivity contribution in [3.63, 3.8) is 0 Å². The molecule has 23 heavy (non-hydrogen) atoms. The third-order valence-corrected chi connectivity index (χ3v) is 4.79. The molecular formula is C12H14N4O6S. The largest absolute Gasteiger partial charge is 0.316 e. The fourth-order valence-electron chi connectivity index (χ4n) is 2.14. The van der Waals surface area contributed by atoms with Gasteiger partial charge in [-0.3, -0.25) is 19.7 Å². The number of hydrogen-bond donors (Lipinski definition) is 2. The Labute approximate surface area is 130 Å². The number of nitro benzene ring substituents is 1. The van der Waals surface area contributed by atoms with Crippen molar-refractivity contribution in [1.29, 1.82) is 0 Å². The molecule has 2 rings (SSSR count). The molecule has 0 saturated carbocycles. The summed E-state index contributed by atoms with van der Waals surface area (Å²) in [4.78, 5) is 38.1. The van der Waals surface area contributed by atoms with Gasteiger partial charge in [-0.05, 0) is 6.92 Å². The van der Waals surface area contributed by atoms with Crippen LogP contribution in [0.4, 0.5) is 5.69 Å². The van der Waals surface area contributed by atoms with Gasteiger partial charge in [0.1, 0.15) is 0 Å². The molecule has 1 aromatic carbocycles. The van der Waals surface area contributed by atoms with E-state index in [1.54, 1.807) is 0 Å². The molecule has 2 N–H and O–H groups in total. The molecule has 0 bridgehead atoms. The van der Waals surface area contributed by atoms with Gasteiger partial charge in [0.15, 0.2) is 0 Å². The van der Waals surface area contributed by atoms with E-state index < -0.39 is 26.1 Å². The first kappa shape index (κ1) is 16.8. The van der Waals surface area contributed by atoms with Crippen LogP contribution in [-0.2, 0) is 16.6 Å². The summed E-state index contributed by atoms with van der Waals surface area (Å²) in [5.41, 5.74) is -1.47. The minimum Gasteiger partial charge on any atom is -0.316 e. The summed E-state index contributed by atoms with van der Waals surface area (Å²) < 4.78 is 24.2. The van der Waals surface area contributed by atoms with Crippen LogP contribution in [0.5, 0.6) is 0 Å². The van der Waals surface area contributed by atoms with Crippen molar-refractivity contribution in [2.45, 2.75) is 13.5 Å². The van der Waals surface area contributed by atoms with Crippen LogP contribution in [-0.4, -0.2) is 40.9 Å². The quantitative estimate of drug-likeness (QED) is 0.448. The Morgan fingerprint density at radius 2 is 1.83 bits per heavy atom. The zero-order valence-electron chi connectivity index (χ0n) is 12.5. The molecule has 0 saturated heterocycles. The molecule has 11 heteroatoms. The summed E-state index contributed by atoms with van der Waals surface area (Å²) in [5, 5.41) is 11.2. The lowest BCUT2D eigenvalue weighted by molar-refractivity contribution is -0.385. The molecule has 0 amide bonds. The van der Waals surface area contributed by atoms with Crippen molar-refractivity contribution >= 4 is 26.7 Å². The average molecular weight is 342 g/mol. The van der Waals surface area contributed by atoms with Gasteiger partial charge in [0.25, 0.3) is 5.69 Å². The third-order valence-electron chi connectivity index (χ3n) is 3.53. The van der Waals surface area contributed by atoms with E-state index >= 15 is 0 Å². The molecule has 1 aromatic heterocycles. The van der Waals surface area contributed by atoms with E-state index in [2.05, 4.69) is 9.97 Å². The van der Waals surface area contributed by atoms with Crippen molar-refractivity contribution in [2.75, 3.05) is 13.3 Å². The molecule has 1 heterocycles. The highest BCUT2D eigenvalue weighted by Crippen LogP contribution is 2.28. The maximum Gasteiger partial charge on any atom is 0.314 e. The van der Waals surface area contributed by atoms with E-state index in [9.17, 15) is 28.1 Å². The Bertz CT molecular complexity index is 1020. The molecule has 0 atom stereocenters. The normalized spacial score (nSPS) is 12.0. The Kier molecular flexibility index (Phi) is 4.09. The highest BCUT2D eigenvalue weighted by molar-refractivity contribution is 7.88. The van der Waals surface area contributed by atoms with Crippen LogP contribution in [0.15, 0.2) is 15.7 Å². The fourth-order valence-corrected chi connectivity index (χ4v) is 2.50. The molecule has 0 aliphatic heterocycles. The number of hydrogen-bond acceptors (Lipinski definition) is 6. The second-order valence-electron chi connectivity index (χ2n) is 5.11. The number of sulfonamides is 1. The van der Waals surface area contributed by atoms with Crippen molar-refractivity contribution in [3.8, 4) is 0 Å². The average Bonchev–Trinajstić information content (AvgIpc) is 2.42. The van der Waals surface area contributed by atoms with Crippen molar-refractivity contribution in [3.05, 3.63) is 48.0 Å². The molecule has 124 valence electrons. The summed E-state index contributed by atoms with van der Waals surface area (Å²) in [6, 6.07) is 1.13. The van der Waals surface area contributed by atoms with Crippen LogP contribution < -0.4 is 11.1 Å². The smallest absolute Gasteiger partial charge is 0.314 e. The highest BCUT2D eigenvalue weighted by atomic mass is 32.2. The molecule has 0 unspecified atom stereocenters. The maximum absolute atomic E-state index is 11.6. The van der Waals surface area contributed by atoms with Gasteiger partial charge in [0.2, 0.25) is 10.0 Å². The zero-order chi connectivity index (χ0) is 17.5. The molecule has 0 spiro atoms. The number of benzene rings is 1. The van der Waals surface area contributed by atoms with Gasteiger partial charge in [-0.15, -0.1) is 0 Å². The van der Waals surface area contributed by atoms with Gasteiger partial charge in [0.05, 0.1) is 22.2 Å². The topological polar surface area (TPSA) is 146 Å².